The van der Waals surface area contributed by atoms with Crippen molar-refractivity contribution in [1.29, 1.82) is 0 Å². The van der Waals surface area contributed by atoms with Gasteiger partial charge in [-0.1, -0.05) is 0 Å². The number of halogens is 3. The van der Waals surface area contributed by atoms with Crippen LogP contribution in [-0.4, -0.2) is 59.0 Å². The summed E-state index contributed by atoms with van der Waals surface area (Å²) in [6.07, 6.45) is 5.23. The lowest BCUT2D eigenvalue weighted by Gasteiger charge is -2.40. The van der Waals surface area contributed by atoms with Crippen molar-refractivity contribution in [3.8, 4) is 0 Å². The number of benzene rings is 1. The molecule has 2 fully saturated rings. The smallest absolute Gasteiger partial charge is 0.271 e. The van der Waals surface area contributed by atoms with Crippen LogP contribution in [0.2, 0.25) is 0 Å². The minimum Gasteiger partial charge on any atom is -0.350 e. The number of aromatic nitrogens is 2. The van der Waals surface area contributed by atoms with E-state index in [1.165, 1.54) is 16.7 Å². The van der Waals surface area contributed by atoms with E-state index >= 15 is 0 Å². The van der Waals surface area contributed by atoms with E-state index in [2.05, 4.69) is 15.3 Å². The fraction of sp³-hybridized carbons (Fsp3) is 0.522. The third kappa shape index (κ3) is 5.65. The first-order chi connectivity index (χ1) is 16.5. The van der Waals surface area contributed by atoms with E-state index < -0.39 is 39.4 Å². The van der Waals surface area contributed by atoms with Gasteiger partial charge in [-0.3, -0.25) is 9.78 Å². The van der Waals surface area contributed by atoms with Crippen LogP contribution < -0.4 is 11.1 Å². The van der Waals surface area contributed by atoms with Crippen LogP contribution >= 0.6 is 0 Å². The third-order valence-corrected chi connectivity index (χ3v) is 8.79. The molecule has 2 bridgehead atoms. The van der Waals surface area contributed by atoms with Crippen molar-refractivity contribution in [2.75, 3.05) is 12.3 Å². The number of amides is 1. The summed E-state index contributed by atoms with van der Waals surface area (Å²) in [6.45, 7) is 1.68. The zero-order valence-electron chi connectivity index (χ0n) is 19.3. The first-order valence-corrected chi connectivity index (χ1v) is 13.1. The molecule has 2 saturated heterocycles. The van der Waals surface area contributed by atoms with Crippen molar-refractivity contribution in [1.82, 2.24) is 19.6 Å². The van der Waals surface area contributed by atoms with Crippen LogP contribution in [0.15, 0.2) is 24.5 Å². The molecule has 8 nitrogen and oxygen atoms in total. The monoisotopic (exact) mass is 511 g/mol. The van der Waals surface area contributed by atoms with Crippen molar-refractivity contribution in [2.24, 2.45) is 11.7 Å². The van der Waals surface area contributed by atoms with Crippen LogP contribution in [0.4, 0.5) is 13.2 Å². The Kier molecular flexibility index (Phi) is 7.43. The molecular weight excluding hydrogens is 483 g/mol. The molecule has 1 unspecified atom stereocenters. The van der Waals surface area contributed by atoms with E-state index in [4.69, 9.17) is 5.73 Å². The van der Waals surface area contributed by atoms with Gasteiger partial charge in [-0.15, -0.1) is 0 Å². The lowest BCUT2D eigenvalue weighted by Crippen LogP contribution is -2.51. The number of fused-ring (bicyclic) bond motifs is 2. The molecule has 0 spiro atoms. The van der Waals surface area contributed by atoms with E-state index in [1.807, 2.05) is 0 Å². The van der Waals surface area contributed by atoms with Gasteiger partial charge in [0.1, 0.15) is 11.5 Å². The largest absolute Gasteiger partial charge is 0.350 e. The van der Waals surface area contributed by atoms with Crippen molar-refractivity contribution in [3.63, 3.8) is 0 Å². The van der Waals surface area contributed by atoms with Gasteiger partial charge in [0.15, 0.2) is 11.6 Å². The summed E-state index contributed by atoms with van der Waals surface area (Å²) >= 11 is 0. The fourth-order valence-corrected chi connectivity index (χ4v) is 6.98. The molecule has 4 rings (SSSR count). The second kappa shape index (κ2) is 10.2. The Bertz CT molecular complexity index is 1180. The van der Waals surface area contributed by atoms with Gasteiger partial charge in [0, 0.05) is 36.9 Å². The van der Waals surface area contributed by atoms with Crippen LogP contribution in [0.1, 0.15) is 47.4 Å². The fourth-order valence-electron chi connectivity index (χ4n) is 5.12. The number of carbonyl (C=O) groups excluding carboxylic acids is 1. The Morgan fingerprint density at radius 2 is 1.77 bits per heavy atom. The average Bonchev–Trinajstić information content (AvgIpc) is 3.08. The first kappa shape index (κ1) is 25.5. The Labute approximate surface area is 202 Å². The summed E-state index contributed by atoms with van der Waals surface area (Å²) in [5.74, 6) is -4.05. The highest BCUT2D eigenvalue weighted by Gasteiger charge is 2.47. The number of hydrogen-bond donors (Lipinski definition) is 2. The predicted molar refractivity (Wildman–Crippen MR) is 122 cm³/mol. The predicted octanol–water partition coefficient (Wildman–Crippen LogP) is 2.07. The summed E-state index contributed by atoms with van der Waals surface area (Å²) in [7, 11) is -3.64. The number of nitrogens with one attached hydrogen (secondary N) is 1. The van der Waals surface area contributed by atoms with Crippen LogP contribution in [-0.2, 0) is 16.4 Å². The second-order valence-corrected chi connectivity index (χ2v) is 11.3. The maximum atomic E-state index is 14.1. The number of carbonyl (C=O) groups is 1. The third-order valence-electron chi connectivity index (χ3n) is 6.83. The summed E-state index contributed by atoms with van der Waals surface area (Å²) in [4.78, 5) is 20.2. The Hall–Kier alpha value is -2.57. The normalized spacial score (nSPS) is 23.3. The molecule has 35 heavy (non-hydrogen) atoms. The lowest BCUT2D eigenvalue weighted by atomic mass is 9.83. The summed E-state index contributed by atoms with van der Waals surface area (Å²) < 4.78 is 68.5. The zero-order valence-corrected chi connectivity index (χ0v) is 20.1. The number of rotatable bonds is 8. The molecule has 2 aromatic rings. The van der Waals surface area contributed by atoms with Gasteiger partial charge in [-0.05, 0) is 56.6 Å². The Morgan fingerprint density at radius 3 is 2.40 bits per heavy atom. The van der Waals surface area contributed by atoms with Gasteiger partial charge in [-0.2, -0.15) is 4.31 Å². The number of hydrogen-bond acceptors (Lipinski definition) is 6. The van der Waals surface area contributed by atoms with Crippen LogP contribution in [0.5, 0.6) is 0 Å². The molecule has 1 amide bonds. The average molecular weight is 512 g/mol. The molecule has 0 saturated carbocycles. The molecule has 0 radical (unpaired) electrons. The highest BCUT2D eigenvalue weighted by molar-refractivity contribution is 7.89. The summed E-state index contributed by atoms with van der Waals surface area (Å²) in [6, 6.07) is 0.360. The maximum Gasteiger partial charge on any atom is 0.271 e. The van der Waals surface area contributed by atoms with Gasteiger partial charge in [0.2, 0.25) is 10.0 Å². The molecule has 2 aliphatic rings. The molecule has 12 heteroatoms. The summed E-state index contributed by atoms with van der Waals surface area (Å²) in [5.41, 5.74) is 7.10. The van der Waals surface area contributed by atoms with Crippen LogP contribution in [0.25, 0.3) is 0 Å². The van der Waals surface area contributed by atoms with Crippen molar-refractivity contribution >= 4 is 15.9 Å². The first-order valence-electron chi connectivity index (χ1n) is 11.5. The quantitative estimate of drug-likeness (QED) is 0.524. The SMILES string of the molecule is Cc1cnc(C(=O)NCCS(=O)(=O)N2[C@@H]3CC[C@@H]2CC(C(N)Cc2cc(F)c(F)cc2F)C3)cn1. The van der Waals surface area contributed by atoms with Gasteiger partial charge >= 0.3 is 0 Å². The lowest BCUT2D eigenvalue weighted by molar-refractivity contribution is 0.0950. The molecule has 3 heterocycles. The van der Waals surface area contributed by atoms with Crippen molar-refractivity contribution in [2.45, 2.75) is 57.2 Å². The molecule has 1 aromatic carbocycles. The van der Waals surface area contributed by atoms with Crippen LogP contribution in [0.3, 0.4) is 0 Å². The minimum atomic E-state index is -3.64. The minimum absolute atomic E-state index is 0.00723. The number of sulfonamides is 1. The molecule has 3 N–H and O–H groups in total. The topological polar surface area (TPSA) is 118 Å². The Balaban J connectivity index is 1.34. The van der Waals surface area contributed by atoms with E-state index in [1.54, 1.807) is 6.92 Å². The van der Waals surface area contributed by atoms with E-state index in [0.717, 1.165) is 6.07 Å². The van der Waals surface area contributed by atoms with E-state index in [9.17, 15) is 26.4 Å². The highest BCUT2D eigenvalue weighted by Crippen LogP contribution is 2.42. The highest BCUT2D eigenvalue weighted by atomic mass is 32.2. The molecular formula is C23H28F3N5O3S. The molecule has 190 valence electrons. The number of piperidine rings is 1. The van der Waals surface area contributed by atoms with Gasteiger partial charge in [0.05, 0.1) is 17.6 Å². The van der Waals surface area contributed by atoms with Crippen molar-refractivity contribution < 1.29 is 26.4 Å². The molecule has 3 atom stereocenters. The van der Waals surface area contributed by atoms with Crippen LogP contribution in [0, 0.1) is 30.3 Å². The van der Waals surface area contributed by atoms with Crippen molar-refractivity contribution in [3.05, 3.63) is 58.9 Å². The van der Waals surface area contributed by atoms with E-state index in [0.29, 0.717) is 37.4 Å². The number of nitrogens with zero attached hydrogens (tertiary/aromatic N) is 3. The second-order valence-electron chi connectivity index (χ2n) is 9.29. The molecule has 2 aliphatic heterocycles. The van der Waals surface area contributed by atoms with E-state index in [-0.39, 0.29) is 48.0 Å². The van der Waals surface area contributed by atoms with Gasteiger partial charge in [0.25, 0.3) is 5.91 Å². The summed E-state index contributed by atoms with van der Waals surface area (Å²) in [5, 5.41) is 2.57. The Morgan fingerprint density at radius 1 is 1.11 bits per heavy atom. The maximum absolute atomic E-state index is 14.1. The van der Waals surface area contributed by atoms with Gasteiger partial charge < -0.3 is 11.1 Å². The molecule has 1 aromatic heterocycles. The number of nitrogens with two attached hydrogens (primary N) is 1. The standard InChI is InChI=1S/C23H28F3N5O3S/c1-13-11-30-22(12-29-13)23(32)28-4-5-35(33,34)31-16-2-3-17(31)7-15(6-16)21(27)9-14-8-19(25)20(26)10-18(14)24/h8,10-12,15-17,21H,2-7,9,27H2,1H3,(H,28,32)/t16-,17-,21?/m1/s1. The van der Waals surface area contributed by atoms with Gasteiger partial charge in [-0.25, -0.2) is 26.6 Å². The number of aryl methyl sites for hydroxylation is 1. The zero-order chi connectivity index (χ0) is 25.3. The molecule has 0 aliphatic carbocycles.